The molecule has 1 heterocycles. The van der Waals surface area contributed by atoms with Gasteiger partial charge in [-0.05, 0) is 48.4 Å². The summed E-state index contributed by atoms with van der Waals surface area (Å²) in [7, 11) is 5.06. The van der Waals surface area contributed by atoms with Gasteiger partial charge in [0.25, 0.3) is 5.91 Å². The molecule has 0 aliphatic heterocycles. The number of aromatic nitrogens is 1. The third-order valence-electron chi connectivity index (χ3n) is 4.98. The van der Waals surface area contributed by atoms with Crippen LogP contribution in [0.1, 0.15) is 21.6 Å². The summed E-state index contributed by atoms with van der Waals surface area (Å²) in [4.78, 5) is 15.2. The number of rotatable bonds is 7. The SMILES string of the molecule is COCCN(Cc1cccc(OC)c1)C(=O)c1c(C)c2cc(F)ccc2n1C. The number of amides is 1. The van der Waals surface area contributed by atoms with Crippen LogP contribution < -0.4 is 4.74 Å². The molecule has 0 N–H and O–H groups in total. The fraction of sp³-hybridized carbons (Fsp3) is 0.318. The van der Waals surface area contributed by atoms with Gasteiger partial charge in [-0.25, -0.2) is 4.39 Å². The van der Waals surface area contributed by atoms with E-state index < -0.39 is 0 Å². The van der Waals surface area contributed by atoms with Crippen LogP contribution in [-0.4, -0.2) is 42.7 Å². The monoisotopic (exact) mass is 384 g/mol. The number of halogens is 1. The average Bonchev–Trinajstić information content (AvgIpc) is 2.94. The number of ether oxygens (including phenoxy) is 2. The van der Waals surface area contributed by atoms with Crippen LogP contribution in [0.5, 0.6) is 5.75 Å². The van der Waals surface area contributed by atoms with Gasteiger partial charge in [0.05, 0.1) is 13.7 Å². The molecule has 0 fully saturated rings. The molecule has 0 aliphatic rings. The molecule has 0 saturated carbocycles. The highest BCUT2D eigenvalue weighted by Gasteiger charge is 2.24. The average molecular weight is 384 g/mol. The van der Waals surface area contributed by atoms with E-state index in [4.69, 9.17) is 9.47 Å². The molecule has 1 aromatic heterocycles. The van der Waals surface area contributed by atoms with Crippen LogP contribution in [0.15, 0.2) is 42.5 Å². The van der Waals surface area contributed by atoms with Gasteiger partial charge in [-0.1, -0.05) is 12.1 Å². The number of nitrogens with zero attached hydrogens (tertiary/aromatic N) is 2. The molecule has 2 aromatic carbocycles. The first kappa shape index (κ1) is 19.9. The van der Waals surface area contributed by atoms with E-state index in [0.29, 0.717) is 25.4 Å². The van der Waals surface area contributed by atoms with Crippen molar-refractivity contribution in [3.8, 4) is 5.75 Å². The lowest BCUT2D eigenvalue weighted by Crippen LogP contribution is -2.35. The first-order valence-corrected chi connectivity index (χ1v) is 9.12. The van der Waals surface area contributed by atoms with Gasteiger partial charge in [0.2, 0.25) is 0 Å². The second kappa shape index (κ2) is 8.44. The Balaban J connectivity index is 1.98. The maximum absolute atomic E-state index is 13.7. The van der Waals surface area contributed by atoms with E-state index in [-0.39, 0.29) is 11.7 Å². The van der Waals surface area contributed by atoms with Crippen LogP contribution in [-0.2, 0) is 18.3 Å². The van der Waals surface area contributed by atoms with Crippen molar-refractivity contribution in [2.75, 3.05) is 27.4 Å². The lowest BCUT2D eigenvalue weighted by molar-refractivity contribution is 0.0670. The minimum absolute atomic E-state index is 0.114. The summed E-state index contributed by atoms with van der Waals surface area (Å²) in [5.74, 6) is 0.317. The second-order valence-electron chi connectivity index (χ2n) is 6.77. The normalized spacial score (nSPS) is 11.0. The number of benzene rings is 2. The van der Waals surface area contributed by atoms with Crippen LogP contribution in [0, 0.1) is 12.7 Å². The smallest absolute Gasteiger partial charge is 0.271 e. The van der Waals surface area contributed by atoms with Crippen LogP contribution in [0.25, 0.3) is 10.9 Å². The third-order valence-corrected chi connectivity index (χ3v) is 4.98. The standard InChI is InChI=1S/C22H25FN2O3/c1-15-19-13-17(23)8-9-20(19)24(2)21(15)22(26)25(10-11-27-3)14-16-6-5-7-18(12-16)28-4/h5-9,12-13H,10-11,14H2,1-4H3. The van der Waals surface area contributed by atoms with Crippen molar-refractivity contribution in [2.24, 2.45) is 7.05 Å². The molecule has 0 atom stereocenters. The van der Waals surface area contributed by atoms with E-state index in [0.717, 1.165) is 27.8 Å². The summed E-state index contributed by atoms with van der Waals surface area (Å²) in [6.45, 7) is 3.15. The van der Waals surface area contributed by atoms with Crippen LogP contribution in [0.4, 0.5) is 4.39 Å². The fourth-order valence-corrected chi connectivity index (χ4v) is 3.50. The Morgan fingerprint density at radius 1 is 1.18 bits per heavy atom. The Kier molecular flexibility index (Phi) is 5.99. The van der Waals surface area contributed by atoms with Gasteiger partial charge in [-0.3, -0.25) is 4.79 Å². The van der Waals surface area contributed by atoms with E-state index >= 15 is 0 Å². The number of hydrogen-bond acceptors (Lipinski definition) is 3. The van der Waals surface area contributed by atoms with Crippen molar-refractivity contribution in [3.63, 3.8) is 0 Å². The molecule has 5 nitrogen and oxygen atoms in total. The van der Waals surface area contributed by atoms with Gasteiger partial charge in [0.1, 0.15) is 17.3 Å². The van der Waals surface area contributed by atoms with Crippen LogP contribution >= 0.6 is 0 Å². The predicted octanol–water partition coefficient (Wildman–Crippen LogP) is 3.92. The quantitative estimate of drug-likeness (QED) is 0.620. The van der Waals surface area contributed by atoms with Crippen molar-refractivity contribution < 1.29 is 18.7 Å². The number of fused-ring (bicyclic) bond motifs is 1. The van der Waals surface area contributed by atoms with E-state index in [2.05, 4.69) is 0 Å². The summed E-state index contributed by atoms with van der Waals surface area (Å²) in [5.41, 5.74) is 3.12. The zero-order chi connectivity index (χ0) is 20.3. The predicted molar refractivity (Wildman–Crippen MR) is 107 cm³/mol. The molecule has 3 rings (SSSR count). The lowest BCUT2D eigenvalue weighted by Gasteiger charge is -2.23. The summed E-state index contributed by atoms with van der Waals surface area (Å²) in [5, 5.41) is 0.749. The van der Waals surface area contributed by atoms with Crippen LogP contribution in [0.2, 0.25) is 0 Å². The molecule has 1 amide bonds. The Morgan fingerprint density at radius 3 is 2.68 bits per heavy atom. The van der Waals surface area contributed by atoms with Gasteiger partial charge in [-0.2, -0.15) is 0 Å². The molecule has 148 valence electrons. The topological polar surface area (TPSA) is 43.7 Å². The Labute approximate surface area is 164 Å². The highest BCUT2D eigenvalue weighted by atomic mass is 19.1. The highest BCUT2D eigenvalue weighted by Crippen LogP contribution is 2.27. The Bertz CT molecular complexity index is 997. The number of methoxy groups -OCH3 is 2. The van der Waals surface area contributed by atoms with Crippen molar-refractivity contribution in [1.29, 1.82) is 0 Å². The molecular weight excluding hydrogens is 359 g/mol. The minimum Gasteiger partial charge on any atom is -0.497 e. The van der Waals surface area contributed by atoms with Gasteiger partial charge < -0.3 is 18.9 Å². The molecule has 6 heteroatoms. The number of carbonyl (C=O) groups excluding carboxylic acids is 1. The zero-order valence-corrected chi connectivity index (χ0v) is 16.7. The molecule has 0 radical (unpaired) electrons. The van der Waals surface area contributed by atoms with Crippen molar-refractivity contribution >= 4 is 16.8 Å². The largest absolute Gasteiger partial charge is 0.497 e. The molecule has 28 heavy (non-hydrogen) atoms. The van der Waals surface area contributed by atoms with E-state index in [9.17, 15) is 9.18 Å². The molecule has 0 unspecified atom stereocenters. The van der Waals surface area contributed by atoms with Crippen molar-refractivity contribution in [2.45, 2.75) is 13.5 Å². The van der Waals surface area contributed by atoms with Crippen molar-refractivity contribution in [3.05, 3.63) is 65.1 Å². The Hall–Kier alpha value is -2.86. The minimum atomic E-state index is -0.312. The molecular formula is C22H25FN2O3. The van der Waals surface area contributed by atoms with Crippen molar-refractivity contribution in [1.82, 2.24) is 9.47 Å². The van der Waals surface area contributed by atoms with Crippen LogP contribution in [0.3, 0.4) is 0 Å². The summed E-state index contributed by atoms with van der Waals surface area (Å²) < 4.78 is 26.0. The number of aryl methyl sites for hydroxylation is 2. The molecule has 0 bridgehead atoms. The zero-order valence-electron chi connectivity index (χ0n) is 16.7. The molecule has 0 saturated heterocycles. The maximum atomic E-state index is 13.7. The Morgan fingerprint density at radius 2 is 1.96 bits per heavy atom. The highest BCUT2D eigenvalue weighted by molar-refractivity contribution is 6.01. The van der Waals surface area contributed by atoms with Gasteiger partial charge in [0, 0.05) is 38.1 Å². The molecule has 0 aliphatic carbocycles. The first-order valence-electron chi connectivity index (χ1n) is 9.12. The summed E-state index contributed by atoms with van der Waals surface area (Å²) >= 11 is 0. The second-order valence-corrected chi connectivity index (χ2v) is 6.77. The van der Waals surface area contributed by atoms with Gasteiger partial charge in [0.15, 0.2) is 0 Å². The van der Waals surface area contributed by atoms with E-state index in [1.807, 2.05) is 42.8 Å². The van der Waals surface area contributed by atoms with E-state index in [1.165, 1.54) is 12.1 Å². The van der Waals surface area contributed by atoms with Gasteiger partial charge >= 0.3 is 0 Å². The first-order chi connectivity index (χ1) is 13.5. The number of hydrogen-bond donors (Lipinski definition) is 0. The lowest BCUT2D eigenvalue weighted by atomic mass is 10.1. The summed E-state index contributed by atoms with van der Waals surface area (Å²) in [6, 6.07) is 12.2. The fourth-order valence-electron chi connectivity index (χ4n) is 3.50. The summed E-state index contributed by atoms with van der Waals surface area (Å²) in [6.07, 6.45) is 0. The number of carbonyl (C=O) groups is 1. The molecule has 3 aromatic rings. The third kappa shape index (κ3) is 3.87. The van der Waals surface area contributed by atoms with E-state index in [1.54, 1.807) is 25.2 Å². The molecule has 0 spiro atoms. The van der Waals surface area contributed by atoms with Gasteiger partial charge in [-0.15, -0.1) is 0 Å². The maximum Gasteiger partial charge on any atom is 0.271 e.